The summed E-state index contributed by atoms with van der Waals surface area (Å²) in [5.41, 5.74) is 6.31. The first-order valence-electron chi connectivity index (χ1n) is 11.0. The first-order valence-corrected chi connectivity index (χ1v) is 11.0. The first-order chi connectivity index (χ1) is 16.0. The average Bonchev–Trinajstić information content (AvgIpc) is 2.83. The molecule has 168 valence electrons. The van der Waals surface area contributed by atoms with Crippen LogP contribution in [0.4, 0.5) is 11.5 Å². The Morgan fingerprint density at radius 1 is 0.970 bits per heavy atom. The molecular weight excluding hydrogens is 416 g/mol. The van der Waals surface area contributed by atoms with Gasteiger partial charge in [0.05, 0.1) is 6.54 Å². The number of anilines is 2. The predicted molar refractivity (Wildman–Crippen MR) is 132 cm³/mol. The Hall–Kier alpha value is -4.13. The number of nitrogens with two attached hydrogens (primary N) is 1. The van der Waals surface area contributed by atoms with E-state index in [0.717, 1.165) is 22.8 Å². The van der Waals surface area contributed by atoms with Crippen molar-refractivity contribution >= 4 is 28.2 Å². The molecule has 0 fully saturated rings. The van der Waals surface area contributed by atoms with Crippen molar-refractivity contribution in [3.8, 4) is 0 Å². The maximum atomic E-state index is 13.7. The Morgan fingerprint density at radius 3 is 2.39 bits per heavy atom. The van der Waals surface area contributed by atoms with Gasteiger partial charge in [-0.3, -0.25) is 24.0 Å². The van der Waals surface area contributed by atoms with E-state index in [1.54, 1.807) is 12.1 Å². The summed E-state index contributed by atoms with van der Waals surface area (Å²) in [4.78, 5) is 42.8. The number of carbonyl (C=O) groups is 1. The van der Waals surface area contributed by atoms with Gasteiger partial charge in [0.1, 0.15) is 5.82 Å². The number of carbonyl (C=O) groups excluding carboxylic acids is 1. The fraction of sp³-hybridized carbons (Fsp3) is 0.192. The van der Waals surface area contributed by atoms with Crippen molar-refractivity contribution in [2.45, 2.75) is 32.9 Å². The highest BCUT2D eigenvalue weighted by atomic mass is 16.2. The lowest BCUT2D eigenvalue weighted by Crippen LogP contribution is -2.41. The molecule has 1 amide bonds. The molecule has 1 heterocycles. The second kappa shape index (κ2) is 9.56. The minimum Gasteiger partial charge on any atom is -0.383 e. The quantitative estimate of drug-likeness (QED) is 0.453. The maximum absolute atomic E-state index is 13.7. The zero-order valence-corrected chi connectivity index (χ0v) is 18.5. The molecular formula is C26H26N4O3. The third-order valence-corrected chi connectivity index (χ3v) is 5.64. The van der Waals surface area contributed by atoms with Gasteiger partial charge < -0.3 is 5.73 Å². The summed E-state index contributed by atoms with van der Waals surface area (Å²) in [6.07, 6.45) is 1.57. The average molecular weight is 443 g/mol. The second-order valence-electron chi connectivity index (χ2n) is 7.94. The van der Waals surface area contributed by atoms with Crippen LogP contribution in [0, 0.1) is 0 Å². The van der Waals surface area contributed by atoms with Crippen molar-refractivity contribution in [1.29, 1.82) is 0 Å². The minimum absolute atomic E-state index is 0.0118. The highest BCUT2D eigenvalue weighted by Crippen LogP contribution is 2.24. The van der Waals surface area contributed by atoms with E-state index in [1.807, 2.05) is 67.6 Å². The lowest BCUT2D eigenvalue weighted by atomic mass is 10.1. The fourth-order valence-corrected chi connectivity index (χ4v) is 3.87. The van der Waals surface area contributed by atoms with Crippen LogP contribution in [0.3, 0.4) is 0 Å². The molecule has 4 rings (SSSR count). The summed E-state index contributed by atoms with van der Waals surface area (Å²) in [5, 5.41) is 1.92. The number of unbranched alkanes of at least 4 members (excludes halogenated alkanes) is 1. The number of aromatic amines is 1. The molecule has 0 aliphatic carbocycles. The fourth-order valence-electron chi connectivity index (χ4n) is 3.87. The third-order valence-electron chi connectivity index (χ3n) is 5.64. The molecule has 0 aliphatic rings. The van der Waals surface area contributed by atoms with Crippen LogP contribution in [0.25, 0.3) is 10.8 Å². The predicted octanol–water partition coefficient (Wildman–Crippen LogP) is 3.92. The monoisotopic (exact) mass is 442 g/mol. The van der Waals surface area contributed by atoms with Gasteiger partial charge in [-0.1, -0.05) is 74.0 Å². The van der Waals surface area contributed by atoms with Crippen LogP contribution in [-0.4, -0.2) is 15.5 Å². The molecule has 0 saturated heterocycles. The van der Waals surface area contributed by atoms with Gasteiger partial charge in [-0.05, 0) is 34.9 Å². The molecule has 0 saturated carbocycles. The second-order valence-corrected chi connectivity index (χ2v) is 7.94. The molecule has 0 aliphatic heterocycles. The van der Waals surface area contributed by atoms with Crippen LogP contribution >= 0.6 is 0 Å². The molecule has 0 radical (unpaired) electrons. The van der Waals surface area contributed by atoms with Crippen LogP contribution in [0.2, 0.25) is 0 Å². The van der Waals surface area contributed by atoms with E-state index >= 15 is 0 Å². The number of H-pyrrole nitrogens is 1. The summed E-state index contributed by atoms with van der Waals surface area (Å²) >= 11 is 0. The zero-order chi connectivity index (χ0) is 23.4. The zero-order valence-electron chi connectivity index (χ0n) is 18.5. The number of nitrogens with one attached hydrogen (secondary N) is 1. The number of benzene rings is 3. The number of amides is 1. The van der Waals surface area contributed by atoms with Gasteiger partial charge in [0.25, 0.3) is 11.5 Å². The van der Waals surface area contributed by atoms with Gasteiger partial charge in [0, 0.05) is 12.1 Å². The summed E-state index contributed by atoms with van der Waals surface area (Å²) in [6, 6.07) is 22.5. The van der Waals surface area contributed by atoms with Crippen LogP contribution < -0.4 is 21.9 Å². The molecule has 3 aromatic carbocycles. The van der Waals surface area contributed by atoms with Crippen LogP contribution in [0.1, 0.15) is 35.7 Å². The Kier molecular flexibility index (Phi) is 6.40. The number of hydrogen-bond acceptors (Lipinski definition) is 4. The molecule has 0 atom stereocenters. The van der Waals surface area contributed by atoms with E-state index in [2.05, 4.69) is 4.98 Å². The molecule has 0 spiro atoms. The standard InChI is InChI=1S/C26H26N4O3/c1-2-3-15-29-23(27)22(24(31)28-26(29)33)30(17-18-9-5-4-6-10-18)25(32)21-14-13-19-11-7-8-12-20(19)16-21/h4-14,16H,2-3,15,17,27H2,1H3,(H,28,31,33). The summed E-state index contributed by atoms with van der Waals surface area (Å²) in [6.45, 7) is 2.48. The van der Waals surface area contributed by atoms with Gasteiger partial charge in [0.2, 0.25) is 0 Å². The smallest absolute Gasteiger partial charge is 0.330 e. The lowest BCUT2D eigenvalue weighted by molar-refractivity contribution is 0.0985. The van der Waals surface area contributed by atoms with Crippen molar-refractivity contribution in [3.05, 3.63) is 105 Å². The summed E-state index contributed by atoms with van der Waals surface area (Å²) in [7, 11) is 0. The molecule has 0 unspecified atom stereocenters. The van der Waals surface area contributed by atoms with Crippen LogP contribution in [0.15, 0.2) is 82.4 Å². The van der Waals surface area contributed by atoms with E-state index in [1.165, 1.54) is 9.47 Å². The molecule has 3 N–H and O–H groups in total. The molecule has 7 heteroatoms. The minimum atomic E-state index is -0.685. The van der Waals surface area contributed by atoms with Gasteiger partial charge in [0.15, 0.2) is 5.69 Å². The topological polar surface area (TPSA) is 101 Å². The van der Waals surface area contributed by atoms with Crippen molar-refractivity contribution in [1.82, 2.24) is 9.55 Å². The number of rotatable bonds is 7. The first kappa shape index (κ1) is 22.1. The number of hydrogen-bond donors (Lipinski definition) is 2. The van der Waals surface area contributed by atoms with E-state index in [9.17, 15) is 14.4 Å². The van der Waals surface area contributed by atoms with Crippen LogP contribution in [0.5, 0.6) is 0 Å². The van der Waals surface area contributed by atoms with Crippen molar-refractivity contribution in [2.24, 2.45) is 0 Å². The Morgan fingerprint density at radius 2 is 1.67 bits per heavy atom. The molecule has 1 aromatic heterocycles. The summed E-state index contributed by atoms with van der Waals surface area (Å²) < 4.78 is 1.33. The van der Waals surface area contributed by atoms with Crippen molar-refractivity contribution in [3.63, 3.8) is 0 Å². The lowest BCUT2D eigenvalue weighted by Gasteiger charge is -2.25. The SMILES string of the molecule is CCCCn1c(N)c(N(Cc2ccccc2)C(=O)c2ccc3ccccc3c2)c(=O)[nH]c1=O. The number of fused-ring (bicyclic) bond motifs is 1. The van der Waals surface area contributed by atoms with Crippen molar-refractivity contribution in [2.75, 3.05) is 10.6 Å². The van der Waals surface area contributed by atoms with Crippen LogP contribution in [-0.2, 0) is 13.1 Å². The van der Waals surface area contributed by atoms with Crippen molar-refractivity contribution < 1.29 is 4.79 Å². The van der Waals surface area contributed by atoms with E-state index in [4.69, 9.17) is 5.73 Å². The van der Waals surface area contributed by atoms with Gasteiger partial charge in [-0.2, -0.15) is 0 Å². The number of nitrogen functional groups attached to an aromatic ring is 1. The van der Waals surface area contributed by atoms with E-state index in [-0.39, 0.29) is 24.0 Å². The Labute approximate surface area is 191 Å². The maximum Gasteiger partial charge on any atom is 0.330 e. The molecule has 0 bridgehead atoms. The normalized spacial score (nSPS) is 10.9. The Bertz CT molecular complexity index is 1410. The largest absolute Gasteiger partial charge is 0.383 e. The van der Waals surface area contributed by atoms with E-state index < -0.39 is 11.2 Å². The molecule has 4 aromatic rings. The third kappa shape index (κ3) is 4.57. The van der Waals surface area contributed by atoms with Gasteiger partial charge in [-0.15, -0.1) is 0 Å². The molecule has 33 heavy (non-hydrogen) atoms. The number of aromatic nitrogens is 2. The Balaban J connectivity index is 1.85. The van der Waals surface area contributed by atoms with E-state index in [0.29, 0.717) is 18.5 Å². The summed E-state index contributed by atoms with van der Waals surface area (Å²) in [5.74, 6) is -0.384. The highest BCUT2D eigenvalue weighted by Gasteiger charge is 2.25. The van der Waals surface area contributed by atoms with Gasteiger partial charge >= 0.3 is 5.69 Å². The van der Waals surface area contributed by atoms with Gasteiger partial charge in [-0.25, -0.2) is 4.79 Å². The highest BCUT2D eigenvalue weighted by molar-refractivity contribution is 6.08. The number of nitrogens with zero attached hydrogens (tertiary/aromatic N) is 2. The molecule has 7 nitrogen and oxygen atoms in total.